The maximum Gasteiger partial charge on any atom is 0.251 e. The summed E-state index contributed by atoms with van der Waals surface area (Å²) < 4.78 is 5.67. The number of aromatic nitrogens is 4. The highest BCUT2D eigenvalue weighted by Crippen LogP contribution is 2.37. The number of fused-ring (bicyclic) bond motifs is 1. The van der Waals surface area contributed by atoms with Crippen molar-refractivity contribution in [1.29, 1.82) is 0 Å². The maximum absolute atomic E-state index is 12.5. The average molecular weight is 469 g/mol. The average Bonchev–Trinajstić information content (AvgIpc) is 3.52. The lowest BCUT2D eigenvalue weighted by molar-refractivity contribution is 0.0951. The van der Waals surface area contributed by atoms with Crippen molar-refractivity contribution < 1.29 is 9.53 Å². The SMILES string of the molecule is Cc1cnc(-c2ccn[nH]2)c2nc(N3CCOC[C@H]3C)cc(-c3ccc(C(=O)NC4CC4)cc3)c12. The van der Waals surface area contributed by atoms with Gasteiger partial charge < -0.3 is 15.0 Å². The molecule has 6 rings (SSSR count). The van der Waals surface area contributed by atoms with Crippen molar-refractivity contribution in [1.82, 2.24) is 25.5 Å². The second-order valence-electron chi connectivity index (χ2n) is 9.45. The van der Waals surface area contributed by atoms with Gasteiger partial charge in [-0.05, 0) is 67.6 Å². The van der Waals surface area contributed by atoms with E-state index in [4.69, 9.17) is 14.7 Å². The fourth-order valence-corrected chi connectivity index (χ4v) is 4.71. The first-order valence-corrected chi connectivity index (χ1v) is 12.1. The van der Waals surface area contributed by atoms with Gasteiger partial charge in [0.15, 0.2) is 0 Å². The number of H-pyrrole nitrogens is 1. The number of anilines is 1. The molecular formula is C27H28N6O2. The van der Waals surface area contributed by atoms with Gasteiger partial charge in [-0.25, -0.2) is 4.98 Å². The van der Waals surface area contributed by atoms with E-state index in [1.165, 1.54) is 0 Å². The molecule has 0 bridgehead atoms. The monoisotopic (exact) mass is 468 g/mol. The van der Waals surface area contributed by atoms with Crippen LogP contribution in [0.15, 0.2) is 48.8 Å². The Morgan fingerprint density at radius 2 is 2.03 bits per heavy atom. The first-order valence-electron chi connectivity index (χ1n) is 12.1. The number of pyridine rings is 2. The number of aromatic amines is 1. The van der Waals surface area contributed by atoms with Gasteiger partial charge in [-0.15, -0.1) is 0 Å². The van der Waals surface area contributed by atoms with E-state index < -0.39 is 0 Å². The molecule has 1 aliphatic carbocycles. The van der Waals surface area contributed by atoms with Gasteiger partial charge in [0.05, 0.1) is 24.9 Å². The quantitative estimate of drug-likeness (QED) is 0.458. The number of nitrogens with zero attached hydrogens (tertiary/aromatic N) is 4. The third-order valence-electron chi connectivity index (χ3n) is 6.80. The Morgan fingerprint density at radius 1 is 1.20 bits per heavy atom. The Hall–Kier alpha value is -3.78. The molecule has 0 unspecified atom stereocenters. The van der Waals surface area contributed by atoms with Crippen molar-refractivity contribution in [2.75, 3.05) is 24.7 Å². The number of hydrogen-bond acceptors (Lipinski definition) is 6. The summed E-state index contributed by atoms with van der Waals surface area (Å²) in [5.41, 5.74) is 6.25. The van der Waals surface area contributed by atoms with Crippen LogP contribution >= 0.6 is 0 Å². The predicted molar refractivity (Wildman–Crippen MR) is 135 cm³/mol. The summed E-state index contributed by atoms with van der Waals surface area (Å²) in [5, 5.41) is 11.3. The molecule has 1 atom stereocenters. The fourth-order valence-electron chi connectivity index (χ4n) is 4.71. The Bertz CT molecular complexity index is 1380. The van der Waals surface area contributed by atoms with Crippen LogP contribution in [-0.4, -0.2) is 57.9 Å². The summed E-state index contributed by atoms with van der Waals surface area (Å²) >= 11 is 0. The Labute approximate surface area is 203 Å². The summed E-state index contributed by atoms with van der Waals surface area (Å²) in [6.45, 7) is 6.33. The lowest BCUT2D eigenvalue weighted by atomic mass is 9.96. The molecule has 0 spiro atoms. The van der Waals surface area contributed by atoms with E-state index in [1.807, 2.05) is 36.5 Å². The zero-order chi connectivity index (χ0) is 23.9. The molecule has 35 heavy (non-hydrogen) atoms. The van der Waals surface area contributed by atoms with Crippen molar-refractivity contribution in [3.63, 3.8) is 0 Å². The molecule has 178 valence electrons. The highest BCUT2D eigenvalue weighted by Gasteiger charge is 2.25. The van der Waals surface area contributed by atoms with Gasteiger partial charge in [-0.1, -0.05) is 12.1 Å². The molecule has 1 saturated heterocycles. The van der Waals surface area contributed by atoms with E-state index in [2.05, 4.69) is 40.3 Å². The van der Waals surface area contributed by atoms with E-state index in [0.717, 1.165) is 64.2 Å². The third kappa shape index (κ3) is 4.14. The number of benzene rings is 1. The van der Waals surface area contributed by atoms with Crippen LogP contribution in [0.5, 0.6) is 0 Å². The van der Waals surface area contributed by atoms with Crippen LogP contribution in [-0.2, 0) is 4.74 Å². The van der Waals surface area contributed by atoms with Crippen LogP contribution in [0.1, 0.15) is 35.7 Å². The number of hydrogen-bond donors (Lipinski definition) is 2. The molecule has 8 nitrogen and oxygen atoms in total. The molecule has 3 aromatic heterocycles. The lowest BCUT2D eigenvalue weighted by Crippen LogP contribution is -2.44. The van der Waals surface area contributed by atoms with E-state index in [9.17, 15) is 4.79 Å². The van der Waals surface area contributed by atoms with Crippen molar-refractivity contribution in [2.45, 2.75) is 38.8 Å². The van der Waals surface area contributed by atoms with Crippen LogP contribution in [0.3, 0.4) is 0 Å². The summed E-state index contributed by atoms with van der Waals surface area (Å²) in [6.07, 6.45) is 5.75. The van der Waals surface area contributed by atoms with Crippen molar-refractivity contribution in [3.05, 3.63) is 59.9 Å². The smallest absolute Gasteiger partial charge is 0.251 e. The van der Waals surface area contributed by atoms with Crippen LogP contribution in [0.25, 0.3) is 33.4 Å². The molecule has 4 aromatic rings. The standard InChI is InChI=1S/C27H28N6O2/c1-16-14-28-25(22-9-10-29-32-22)26-24(16)21(13-23(31-26)33-11-12-35-15-17(33)2)18-3-5-19(6-4-18)27(34)30-20-7-8-20/h3-6,9-10,13-14,17,20H,7-8,11-12,15H2,1-2H3,(H,29,32)(H,30,34)/t17-/m1/s1. The van der Waals surface area contributed by atoms with Gasteiger partial charge in [0.1, 0.15) is 17.0 Å². The number of morpholine rings is 1. The van der Waals surface area contributed by atoms with Crippen molar-refractivity contribution in [3.8, 4) is 22.5 Å². The molecule has 2 N–H and O–H groups in total. The molecule has 1 amide bonds. The molecule has 2 aliphatic rings. The summed E-state index contributed by atoms with van der Waals surface area (Å²) in [4.78, 5) is 24.7. The predicted octanol–water partition coefficient (Wildman–Crippen LogP) is 4.11. The number of carbonyl (C=O) groups excluding carboxylic acids is 1. The molecule has 0 radical (unpaired) electrons. The second kappa shape index (κ2) is 8.78. The number of rotatable bonds is 5. The fraction of sp³-hybridized carbons (Fsp3) is 0.333. The molecule has 1 saturated carbocycles. The summed E-state index contributed by atoms with van der Waals surface area (Å²) in [6, 6.07) is 12.5. The number of ether oxygens (including phenoxy) is 1. The minimum atomic E-state index is -0.0108. The topological polar surface area (TPSA) is 96.0 Å². The molecule has 2 fully saturated rings. The Morgan fingerprint density at radius 3 is 2.74 bits per heavy atom. The number of nitrogens with one attached hydrogen (secondary N) is 2. The molecule has 8 heteroatoms. The lowest BCUT2D eigenvalue weighted by Gasteiger charge is -2.34. The minimum absolute atomic E-state index is 0.0108. The van der Waals surface area contributed by atoms with Gasteiger partial charge in [0.2, 0.25) is 0 Å². The highest BCUT2D eigenvalue weighted by atomic mass is 16.5. The van der Waals surface area contributed by atoms with E-state index in [0.29, 0.717) is 24.8 Å². The van der Waals surface area contributed by atoms with Crippen molar-refractivity contribution in [2.24, 2.45) is 0 Å². The van der Waals surface area contributed by atoms with Crippen molar-refractivity contribution >= 4 is 22.6 Å². The van der Waals surface area contributed by atoms with Crippen LogP contribution < -0.4 is 10.2 Å². The van der Waals surface area contributed by atoms with Crippen LogP contribution in [0, 0.1) is 6.92 Å². The molecule has 1 aliphatic heterocycles. The van der Waals surface area contributed by atoms with E-state index in [1.54, 1.807) is 6.20 Å². The minimum Gasteiger partial charge on any atom is -0.377 e. The first kappa shape index (κ1) is 21.7. The highest BCUT2D eigenvalue weighted by molar-refractivity contribution is 6.04. The molecular weight excluding hydrogens is 440 g/mol. The maximum atomic E-state index is 12.5. The zero-order valence-corrected chi connectivity index (χ0v) is 19.9. The number of carbonyl (C=O) groups is 1. The second-order valence-corrected chi connectivity index (χ2v) is 9.45. The van der Waals surface area contributed by atoms with Gasteiger partial charge in [0, 0.05) is 35.9 Å². The van der Waals surface area contributed by atoms with E-state index in [-0.39, 0.29) is 11.9 Å². The number of amides is 1. The summed E-state index contributed by atoms with van der Waals surface area (Å²) in [5.74, 6) is 0.885. The van der Waals surface area contributed by atoms with Gasteiger partial charge >= 0.3 is 0 Å². The first-order chi connectivity index (χ1) is 17.1. The van der Waals surface area contributed by atoms with Gasteiger partial charge in [0.25, 0.3) is 5.91 Å². The van der Waals surface area contributed by atoms with Crippen LogP contribution in [0.4, 0.5) is 5.82 Å². The number of aryl methyl sites for hydroxylation is 1. The normalized spacial score (nSPS) is 18.1. The molecule has 4 heterocycles. The van der Waals surface area contributed by atoms with Gasteiger partial charge in [-0.2, -0.15) is 5.10 Å². The van der Waals surface area contributed by atoms with Crippen LogP contribution in [0.2, 0.25) is 0 Å². The Kier molecular flexibility index (Phi) is 5.45. The third-order valence-corrected chi connectivity index (χ3v) is 6.80. The Balaban J connectivity index is 1.51. The molecule has 1 aromatic carbocycles. The summed E-state index contributed by atoms with van der Waals surface area (Å²) in [7, 11) is 0. The largest absolute Gasteiger partial charge is 0.377 e. The van der Waals surface area contributed by atoms with Gasteiger partial charge in [-0.3, -0.25) is 14.9 Å². The zero-order valence-electron chi connectivity index (χ0n) is 19.9. The van der Waals surface area contributed by atoms with E-state index >= 15 is 0 Å².